The molecule has 1 atom stereocenters. The molecule has 0 aromatic rings. The summed E-state index contributed by atoms with van der Waals surface area (Å²) in [5, 5.41) is 0. The van der Waals surface area contributed by atoms with Gasteiger partial charge in [-0.25, -0.2) is 0 Å². The minimum Gasteiger partial charge on any atom is -0.462 e. The Labute approximate surface area is 163 Å². The second-order valence-corrected chi connectivity index (χ2v) is 12.2. The van der Waals surface area contributed by atoms with E-state index in [-0.39, 0.29) is 23.4 Å². The average Bonchev–Trinajstić information content (AvgIpc) is 2.44. The smallest absolute Gasteiger partial charge is 0.312 e. The zero-order valence-corrected chi connectivity index (χ0v) is 19.6. The van der Waals surface area contributed by atoms with Crippen molar-refractivity contribution in [3.8, 4) is 0 Å². The summed E-state index contributed by atoms with van der Waals surface area (Å²) in [5.41, 5.74) is 0.316. The topological polar surface area (TPSA) is 26.3 Å². The van der Waals surface area contributed by atoms with Crippen molar-refractivity contribution < 1.29 is 9.53 Å². The third-order valence-corrected chi connectivity index (χ3v) is 7.54. The molecule has 0 aromatic carbocycles. The first-order valence-electron chi connectivity index (χ1n) is 10.7. The molecular weight excluding hydrogens is 320 g/mol. The highest BCUT2D eigenvalue weighted by molar-refractivity contribution is 5.77. The van der Waals surface area contributed by atoms with Gasteiger partial charge in [-0.1, -0.05) is 69.2 Å². The summed E-state index contributed by atoms with van der Waals surface area (Å²) < 4.78 is 6.07. The average molecular weight is 367 g/mol. The Morgan fingerprint density at radius 1 is 0.885 bits per heavy atom. The fourth-order valence-corrected chi connectivity index (χ4v) is 4.41. The van der Waals surface area contributed by atoms with Gasteiger partial charge in [0.15, 0.2) is 0 Å². The molecule has 1 rings (SSSR count). The van der Waals surface area contributed by atoms with Crippen molar-refractivity contribution in [3.05, 3.63) is 0 Å². The second-order valence-electron chi connectivity index (χ2n) is 12.2. The van der Waals surface area contributed by atoms with Crippen molar-refractivity contribution in [1.29, 1.82) is 0 Å². The Balaban J connectivity index is 2.73. The van der Waals surface area contributed by atoms with Gasteiger partial charge in [0.05, 0.1) is 5.41 Å². The standard InChI is InChI=1S/C24H46O2/c1-17(2)24(11,16-21(3,4)5)20(25)26-19-14-12-18(13-15-19)23(9,10)22(6,7)8/h17-19H,12-16H2,1-11H3. The van der Waals surface area contributed by atoms with Crippen LogP contribution in [-0.2, 0) is 9.53 Å². The lowest BCUT2D eigenvalue weighted by atomic mass is 9.58. The first-order chi connectivity index (χ1) is 11.5. The van der Waals surface area contributed by atoms with Crippen LogP contribution in [0.4, 0.5) is 0 Å². The summed E-state index contributed by atoms with van der Waals surface area (Å²) in [4.78, 5) is 13.1. The lowest BCUT2D eigenvalue weighted by Crippen LogP contribution is -2.43. The Kier molecular flexibility index (Phi) is 7.09. The van der Waals surface area contributed by atoms with Gasteiger partial charge in [-0.2, -0.15) is 0 Å². The molecule has 154 valence electrons. The van der Waals surface area contributed by atoms with E-state index in [1.807, 2.05) is 0 Å². The fourth-order valence-electron chi connectivity index (χ4n) is 4.41. The van der Waals surface area contributed by atoms with E-state index in [9.17, 15) is 4.79 Å². The monoisotopic (exact) mass is 366 g/mol. The van der Waals surface area contributed by atoms with Crippen LogP contribution in [0.1, 0.15) is 108 Å². The molecule has 0 saturated heterocycles. The molecule has 1 aliphatic carbocycles. The van der Waals surface area contributed by atoms with E-state index in [4.69, 9.17) is 4.74 Å². The zero-order chi connectivity index (χ0) is 20.6. The molecule has 0 heterocycles. The van der Waals surface area contributed by atoms with Crippen LogP contribution in [0.25, 0.3) is 0 Å². The number of hydrogen-bond donors (Lipinski definition) is 0. The summed E-state index contributed by atoms with van der Waals surface area (Å²) in [6, 6.07) is 0. The number of esters is 1. The summed E-state index contributed by atoms with van der Waals surface area (Å²) in [6.07, 6.45) is 5.33. The molecule has 0 N–H and O–H groups in total. The molecule has 0 aromatic heterocycles. The Bertz CT molecular complexity index is 467. The van der Waals surface area contributed by atoms with E-state index in [1.54, 1.807) is 0 Å². The molecule has 0 bridgehead atoms. The maximum absolute atomic E-state index is 13.1. The van der Waals surface area contributed by atoms with E-state index < -0.39 is 5.41 Å². The molecule has 0 amide bonds. The van der Waals surface area contributed by atoms with Gasteiger partial charge in [0.2, 0.25) is 0 Å². The van der Waals surface area contributed by atoms with Crippen LogP contribution < -0.4 is 0 Å². The van der Waals surface area contributed by atoms with Crippen LogP contribution >= 0.6 is 0 Å². The molecular formula is C24H46O2. The van der Waals surface area contributed by atoms with Gasteiger partial charge < -0.3 is 4.74 Å². The summed E-state index contributed by atoms with van der Waals surface area (Å²) >= 11 is 0. The summed E-state index contributed by atoms with van der Waals surface area (Å²) in [6.45, 7) is 24.9. The van der Waals surface area contributed by atoms with Crippen molar-refractivity contribution in [2.24, 2.45) is 33.5 Å². The molecule has 0 radical (unpaired) electrons. The predicted molar refractivity (Wildman–Crippen MR) is 112 cm³/mol. The van der Waals surface area contributed by atoms with Crippen molar-refractivity contribution in [2.45, 2.75) is 114 Å². The quantitative estimate of drug-likeness (QED) is 0.479. The molecule has 1 fully saturated rings. The maximum Gasteiger partial charge on any atom is 0.312 e. The van der Waals surface area contributed by atoms with E-state index in [2.05, 4.69) is 76.2 Å². The van der Waals surface area contributed by atoms with Crippen LogP contribution in [0.3, 0.4) is 0 Å². The lowest BCUT2D eigenvalue weighted by molar-refractivity contribution is -0.168. The van der Waals surface area contributed by atoms with Crippen LogP contribution in [0.15, 0.2) is 0 Å². The van der Waals surface area contributed by atoms with Crippen molar-refractivity contribution >= 4 is 5.97 Å². The maximum atomic E-state index is 13.1. The van der Waals surface area contributed by atoms with Gasteiger partial charge in [-0.05, 0) is 67.1 Å². The van der Waals surface area contributed by atoms with Gasteiger partial charge in [0, 0.05) is 0 Å². The number of ether oxygens (including phenoxy) is 1. The van der Waals surface area contributed by atoms with Gasteiger partial charge in [-0.3, -0.25) is 4.79 Å². The second kappa shape index (κ2) is 7.84. The molecule has 1 saturated carbocycles. The van der Waals surface area contributed by atoms with Crippen LogP contribution in [0, 0.1) is 33.5 Å². The first-order valence-corrected chi connectivity index (χ1v) is 10.7. The van der Waals surface area contributed by atoms with Crippen LogP contribution in [0.2, 0.25) is 0 Å². The minimum atomic E-state index is -0.403. The SMILES string of the molecule is CC(C)C(C)(CC(C)(C)C)C(=O)OC1CCC(C(C)(C)C(C)(C)C)CC1. The molecule has 1 aliphatic rings. The predicted octanol–water partition coefficient (Wildman–Crippen LogP) is 7.26. The Morgan fingerprint density at radius 2 is 1.35 bits per heavy atom. The number of rotatable bonds is 5. The van der Waals surface area contributed by atoms with E-state index >= 15 is 0 Å². The molecule has 0 aliphatic heterocycles. The highest BCUT2D eigenvalue weighted by Gasteiger charge is 2.44. The van der Waals surface area contributed by atoms with Crippen molar-refractivity contribution in [3.63, 3.8) is 0 Å². The fraction of sp³-hybridized carbons (Fsp3) is 0.958. The van der Waals surface area contributed by atoms with Crippen molar-refractivity contribution in [1.82, 2.24) is 0 Å². The van der Waals surface area contributed by atoms with Gasteiger partial charge in [0.25, 0.3) is 0 Å². The molecule has 2 heteroatoms. The third kappa shape index (κ3) is 5.49. The first kappa shape index (κ1) is 23.5. The Hall–Kier alpha value is -0.530. The number of carbonyl (C=O) groups excluding carboxylic acids is 1. The summed E-state index contributed by atoms with van der Waals surface area (Å²) in [7, 11) is 0. The van der Waals surface area contributed by atoms with Gasteiger partial charge >= 0.3 is 5.97 Å². The van der Waals surface area contributed by atoms with E-state index in [1.165, 1.54) is 12.8 Å². The highest BCUT2D eigenvalue weighted by Crippen LogP contribution is 2.50. The minimum absolute atomic E-state index is 0.0148. The van der Waals surface area contributed by atoms with Gasteiger partial charge in [-0.15, -0.1) is 0 Å². The highest BCUT2D eigenvalue weighted by atomic mass is 16.5. The third-order valence-electron chi connectivity index (χ3n) is 7.54. The zero-order valence-electron chi connectivity index (χ0n) is 19.6. The van der Waals surface area contributed by atoms with Crippen LogP contribution in [0.5, 0.6) is 0 Å². The van der Waals surface area contributed by atoms with Crippen molar-refractivity contribution in [2.75, 3.05) is 0 Å². The molecule has 2 nitrogen and oxygen atoms in total. The molecule has 0 spiro atoms. The molecule has 26 heavy (non-hydrogen) atoms. The normalized spacial score (nSPS) is 25.1. The summed E-state index contributed by atoms with van der Waals surface area (Å²) in [5.74, 6) is 1.01. The number of hydrogen-bond acceptors (Lipinski definition) is 2. The Morgan fingerprint density at radius 3 is 1.69 bits per heavy atom. The van der Waals surface area contributed by atoms with Gasteiger partial charge in [0.1, 0.15) is 6.10 Å². The largest absolute Gasteiger partial charge is 0.462 e. The molecule has 1 unspecified atom stereocenters. The number of carbonyl (C=O) groups is 1. The lowest BCUT2D eigenvalue weighted by Gasteiger charge is -2.48. The van der Waals surface area contributed by atoms with Crippen LogP contribution in [-0.4, -0.2) is 12.1 Å². The van der Waals surface area contributed by atoms with E-state index in [0.29, 0.717) is 16.7 Å². The van der Waals surface area contributed by atoms with E-state index in [0.717, 1.165) is 19.3 Å².